The van der Waals surface area contributed by atoms with E-state index in [1.807, 2.05) is 13.8 Å². The molecule has 1 heterocycles. The summed E-state index contributed by atoms with van der Waals surface area (Å²) in [6.07, 6.45) is 1.24. The quantitative estimate of drug-likeness (QED) is 0.458. The van der Waals surface area contributed by atoms with Crippen LogP contribution in [0.1, 0.15) is 37.0 Å². The molecule has 1 unspecified atom stereocenters. The van der Waals surface area contributed by atoms with Crippen molar-refractivity contribution < 1.29 is 12.3 Å². The third-order valence-electron chi connectivity index (χ3n) is 4.44. The van der Waals surface area contributed by atoms with Crippen molar-refractivity contribution in [3.63, 3.8) is 0 Å². The Morgan fingerprint density at radius 3 is 1.96 bits per heavy atom. The van der Waals surface area contributed by atoms with Crippen molar-refractivity contribution in [1.82, 2.24) is 15.1 Å². The summed E-state index contributed by atoms with van der Waals surface area (Å²) >= 11 is 0. The van der Waals surface area contributed by atoms with Crippen LogP contribution in [-0.4, -0.2) is 95.1 Å². The first-order valence-electron chi connectivity index (χ1n) is 10.3. The Kier molecular flexibility index (Phi) is 18.4. The highest BCUT2D eigenvalue weighted by molar-refractivity contribution is 4.71. The summed E-state index contributed by atoms with van der Waals surface area (Å²) in [5, 5.41) is 3.44. The van der Waals surface area contributed by atoms with Gasteiger partial charge in [-0.2, -0.15) is 0 Å². The van der Waals surface area contributed by atoms with Gasteiger partial charge in [-0.05, 0) is 12.5 Å². The summed E-state index contributed by atoms with van der Waals surface area (Å²) in [4.78, 5) is 4.95. The highest BCUT2D eigenvalue weighted by Crippen LogP contribution is 2.01. The monoisotopic (exact) mass is 364 g/mol. The number of ether oxygens (including phenoxy) is 2. The number of nitrogens with zero attached hydrogens (tertiary/aromatic N) is 2. The molecule has 0 amide bonds. The first-order chi connectivity index (χ1) is 12.3. The SMILES string of the molecule is CC.CCC(C)CNCCOCCN1CCN(CCOCCN)CC1.[HH].[HH]. The molecular formula is C19H48N4O2. The first-order valence-corrected chi connectivity index (χ1v) is 10.3. The minimum atomic E-state index is 0. The van der Waals surface area contributed by atoms with E-state index in [0.29, 0.717) is 13.2 Å². The van der Waals surface area contributed by atoms with Gasteiger partial charge in [0.1, 0.15) is 0 Å². The lowest BCUT2D eigenvalue weighted by Gasteiger charge is -2.34. The van der Waals surface area contributed by atoms with E-state index in [2.05, 4.69) is 29.0 Å². The molecule has 1 fully saturated rings. The van der Waals surface area contributed by atoms with E-state index in [4.69, 9.17) is 15.2 Å². The molecule has 1 aliphatic rings. The summed E-state index contributed by atoms with van der Waals surface area (Å²) < 4.78 is 11.2. The van der Waals surface area contributed by atoms with Gasteiger partial charge in [-0.15, -0.1) is 0 Å². The predicted octanol–water partition coefficient (Wildman–Crippen LogP) is 1.75. The number of rotatable bonds is 14. The van der Waals surface area contributed by atoms with E-state index < -0.39 is 0 Å². The van der Waals surface area contributed by atoms with E-state index in [-0.39, 0.29) is 2.85 Å². The van der Waals surface area contributed by atoms with Crippen LogP contribution in [-0.2, 0) is 9.47 Å². The molecule has 3 N–H and O–H groups in total. The van der Waals surface area contributed by atoms with Crippen LogP contribution >= 0.6 is 0 Å². The molecule has 1 atom stereocenters. The van der Waals surface area contributed by atoms with Crippen LogP contribution in [0, 0.1) is 5.92 Å². The molecule has 6 heteroatoms. The minimum absolute atomic E-state index is 0. The summed E-state index contributed by atoms with van der Waals surface area (Å²) in [5.41, 5.74) is 5.41. The van der Waals surface area contributed by atoms with Crippen LogP contribution in [0.15, 0.2) is 0 Å². The molecule has 1 aliphatic heterocycles. The number of piperazine rings is 1. The molecule has 0 aliphatic carbocycles. The Labute approximate surface area is 159 Å². The van der Waals surface area contributed by atoms with E-state index >= 15 is 0 Å². The molecule has 0 saturated carbocycles. The van der Waals surface area contributed by atoms with Gasteiger partial charge in [0.2, 0.25) is 0 Å². The van der Waals surface area contributed by atoms with Crippen LogP contribution in [0.2, 0.25) is 0 Å². The van der Waals surface area contributed by atoms with Gasteiger partial charge in [0, 0.05) is 55.2 Å². The topological polar surface area (TPSA) is 63.0 Å². The van der Waals surface area contributed by atoms with Crippen LogP contribution < -0.4 is 11.1 Å². The Morgan fingerprint density at radius 2 is 1.48 bits per heavy atom. The summed E-state index contributed by atoms with van der Waals surface area (Å²) in [5.74, 6) is 0.756. The maximum atomic E-state index is 5.72. The minimum Gasteiger partial charge on any atom is -0.379 e. The van der Waals surface area contributed by atoms with Crippen LogP contribution in [0.3, 0.4) is 0 Å². The normalized spacial score (nSPS) is 17.2. The molecular weight excluding hydrogens is 316 g/mol. The van der Waals surface area contributed by atoms with Gasteiger partial charge < -0.3 is 20.5 Å². The average molecular weight is 365 g/mol. The second kappa shape index (κ2) is 18.5. The zero-order valence-electron chi connectivity index (χ0n) is 17.3. The largest absolute Gasteiger partial charge is 0.379 e. The second-order valence-corrected chi connectivity index (χ2v) is 6.41. The van der Waals surface area contributed by atoms with E-state index in [9.17, 15) is 0 Å². The average Bonchev–Trinajstić information content (AvgIpc) is 2.67. The van der Waals surface area contributed by atoms with Crippen molar-refractivity contribution in [1.29, 1.82) is 0 Å². The molecule has 6 nitrogen and oxygen atoms in total. The third-order valence-corrected chi connectivity index (χ3v) is 4.44. The fourth-order valence-corrected chi connectivity index (χ4v) is 2.55. The van der Waals surface area contributed by atoms with Gasteiger partial charge in [-0.1, -0.05) is 34.1 Å². The van der Waals surface area contributed by atoms with Gasteiger partial charge in [-0.3, -0.25) is 9.80 Å². The lowest BCUT2D eigenvalue weighted by molar-refractivity contribution is 0.0587. The molecule has 1 rings (SSSR count). The zero-order valence-corrected chi connectivity index (χ0v) is 17.3. The Morgan fingerprint density at radius 1 is 0.960 bits per heavy atom. The number of hydrogen-bond acceptors (Lipinski definition) is 6. The molecule has 0 radical (unpaired) electrons. The standard InChI is InChI=1S/C17H38N4O2.C2H6.2H2/c1-3-17(2)16-19-5-13-23-15-11-21-8-6-20(7-9-21)10-14-22-12-4-18;1-2;;/h17,19H,3-16,18H2,1-2H3;1-2H3;2*1H. The van der Waals surface area contributed by atoms with Gasteiger partial charge in [0.05, 0.1) is 26.4 Å². The Balaban J connectivity index is -0.00000139. The van der Waals surface area contributed by atoms with Crippen LogP contribution in [0.25, 0.3) is 0 Å². The van der Waals surface area contributed by atoms with Gasteiger partial charge in [-0.25, -0.2) is 0 Å². The third kappa shape index (κ3) is 14.6. The fourth-order valence-electron chi connectivity index (χ4n) is 2.55. The number of hydrogen-bond donors (Lipinski definition) is 2. The maximum absolute atomic E-state index is 5.72. The summed E-state index contributed by atoms with van der Waals surface area (Å²) in [6, 6.07) is 0. The molecule has 0 aromatic carbocycles. The van der Waals surface area contributed by atoms with Crippen molar-refractivity contribution in [2.75, 3.05) is 85.3 Å². The smallest absolute Gasteiger partial charge is 0.0594 e. The van der Waals surface area contributed by atoms with Crippen molar-refractivity contribution in [2.45, 2.75) is 34.1 Å². The van der Waals surface area contributed by atoms with Gasteiger partial charge in [0.15, 0.2) is 0 Å². The van der Waals surface area contributed by atoms with Gasteiger partial charge >= 0.3 is 0 Å². The lowest BCUT2D eigenvalue weighted by Crippen LogP contribution is -2.48. The molecule has 0 spiro atoms. The van der Waals surface area contributed by atoms with Crippen molar-refractivity contribution in [3.8, 4) is 0 Å². The lowest BCUT2D eigenvalue weighted by atomic mass is 10.1. The van der Waals surface area contributed by atoms with Crippen molar-refractivity contribution in [2.24, 2.45) is 11.7 Å². The van der Waals surface area contributed by atoms with Crippen LogP contribution in [0.4, 0.5) is 0 Å². The van der Waals surface area contributed by atoms with E-state index in [1.54, 1.807) is 0 Å². The number of nitrogens with two attached hydrogens (primary N) is 1. The van der Waals surface area contributed by atoms with E-state index in [1.165, 1.54) is 6.42 Å². The molecule has 0 aromatic heterocycles. The molecule has 25 heavy (non-hydrogen) atoms. The molecule has 156 valence electrons. The first kappa shape index (κ1) is 24.8. The maximum Gasteiger partial charge on any atom is 0.0594 e. The second-order valence-electron chi connectivity index (χ2n) is 6.41. The molecule has 0 aromatic rings. The summed E-state index contributed by atoms with van der Waals surface area (Å²) in [6.45, 7) is 20.9. The molecule has 1 saturated heterocycles. The fraction of sp³-hybridized carbons (Fsp3) is 1.00. The highest BCUT2D eigenvalue weighted by Gasteiger charge is 2.15. The van der Waals surface area contributed by atoms with E-state index in [0.717, 1.165) is 78.1 Å². The highest BCUT2D eigenvalue weighted by atomic mass is 16.5. The Bertz CT molecular complexity index is 272. The van der Waals surface area contributed by atoms with Crippen molar-refractivity contribution in [3.05, 3.63) is 0 Å². The predicted molar refractivity (Wildman–Crippen MR) is 111 cm³/mol. The number of nitrogens with one attached hydrogen (secondary N) is 1. The zero-order chi connectivity index (χ0) is 18.8. The molecule has 0 bridgehead atoms. The summed E-state index contributed by atoms with van der Waals surface area (Å²) in [7, 11) is 0. The van der Waals surface area contributed by atoms with Gasteiger partial charge in [0.25, 0.3) is 0 Å². The Hall–Kier alpha value is -0.240. The van der Waals surface area contributed by atoms with Crippen LogP contribution in [0.5, 0.6) is 0 Å². The van der Waals surface area contributed by atoms with Crippen molar-refractivity contribution >= 4 is 0 Å².